The van der Waals surface area contributed by atoms with Gasteiger partial charge in [0.15, 0.2) is 0 Å². The van der Waals surface area contributed by atoms with Gasteiger partial charge < -0.3 is 10.6 Å². The van der Waals surface area contributed by atoms with Crippen molar-refractivity contribution in [2.24, 2.45) is 11.7 Å². The van der Waals surface area contributed by atoms with Crippen molar-refractivity contribution in [3.05, 3.63) is 0 Å². The highest BCUT2D eigenvalue weighted by atomic mass is 15.3. The predicted octanol–water partition coefficient (Wildman–Crippen LogP) is 0.996. The molecule has 0 spiro atoms. The fourth-order valence-electron chi connectivity index (χ4n) is 2.49. The summed E-state index contributed by atoms with van der Waals surface area (Å²) in [6, 6.07) is 0.850. The first-order valence-electron chi connectivity index (χ1n) is 6.20. The van der Waals surface area contributed by atoms with E-state index in [1.165, 1.54) is 19.4 Å². The Kier molecular flexibility index (Phi) is 5.03. The molecule has 3 unspecified atom stereocenters. The second-order valence-corrected chi connectivity index (χ2v) is 5.15. The molecule has 3 nitrogen and oxygen atoms in total. The maximum absolute atomic E-state index is 6.36. The van der Waals surface area contributed by atoms with Crippen molar-refractivity contribution < 1.29 is 0 Å². The van der Waals surface area contributed by atoms with Gasteiger partial charge in [0.25, 0.3) is 0 Å². The Balaban J connectivity index is 2.51. The summed E-state index contributed by atoms with van der Waals surface area (Å²) in [6.07, 6.45) is 2.48. The van der Waals surface area contributed by atoms with Crippen LogP contribution in [0.1, 0.15) is 26.7 Å². The summed E-state index contributed by atoms with van der Waals surface area (Å²) in [5, 5.41) is 0. The lowest BCUT2D eigenvalue weighted by atomic mass is 9.90. The molecule has 0 amide bonds. The van der Waals surface area contributed by atoms with Crippen LogP contribution in [-0.2, 0) is 0 Å². The zero-order valence-electron chi connectivity index (χ0n) is 10.7. The molecule has 1 rings (SSSR count). The van der Waals surface area contributed by atoms with E-state index in [0.717, 1.165) is 13.1 Å². The number of likely N-dealkylation sites (N-methyl/N-ethyl adjacent to an activating group) is 2. The van der Waals surface area contributed by atoms with Crippen LogP contribution in [-0.4, -0.2) is 55.6 Å². The molecule has 1 fully saturated rings. The lowest BCUT2D eigenvalue weighted by Gasteiger charge is -2.42. The molecule has 0 radical (unpaired) electrons. The van der Waals surface area contributed by atoms with Crippen molar-refractivity contribution in [2.45, 2.75) is 38.8 Å². The first-order chi connectivity index (χ1) is 7.06. The van der Waals surface area contributed by atoms with Crippen molar-refractivity contribution in [1.29, 1.82) is 0 Å². The van der Waals surface area contributed by atoms with E-state index < -0.39 is 0 Å². The maximum atomic E-state index is 6.36. The van der Waals surface area contributed by atoms with Crippen LogP contribution in [0.15, 0.2) is 0 Å². The molecule has 90 valence electrons. The number of nitrogens with two attached hydrogens (primary N) is 1. The van der Waals surface area contributed by atoms with E-state index >= 15 is 0 Å². The number of rotatable bonds is 4. The van der Waals surface area contributed by atoms with Crippen molar-refractivity contribution >= 4 is 0 Å². The van der Waals surface area contributed by atoms with E-state index in [2.05, 4.69) is 37.7 Å². The van der Waals surface area contributed by atoms with E-state index in [9.17, 15) is 0 Å². The van der Waals surface area contributed by atoms with Gasteiger partial charge in [0.1, 0.15) is 0 Å². The van der Waals surface area contributed by atoms with Gasteiger partial charge in [-0.25, -0.2) is 0 Å². The van der Waals surface area contributed by atoms with Crippen LogP contribution >= 0.6 is 0 Å². The third-order valence-corrected chi connectivity index (χ3v) is 3.74. The Labute approximate surface area is 94.6 Å². The quantitative estimate of drug-likeness (QED) is 0.756. The standard InChI is InChI=1S/C12H27N3/c1-5-6-10(2)12(13)11-9-14(3)7-8-15(11)4/h10-12H,5-9,13H2,1-4H3. The molecule has 3 atom stereocenters. The van der Waals surface area contributed by atoms with Gasteiger partial charge in [-0.2, -0.15) is 0 Å². The van der Waals surface area contributed by atoms with Crippen LogP contribution in [0.2, 0.25) is 0 Å². The van der Waals surface area contributed by atoms with Gasteiger partial charge in [-0.1, -0.05) is 20.3 Å². The van der Waals surface area contributed by atoms with Crippen LogP contribution < -0.4 is 5.73 Å². The second-order valence-electron chi connectivity index (χ2n) is 5.15. The fraction of sp³-hybridized carbons (Fsp3) is 1.00. The Hall–Kier alpha value is -0.120. The Bertz CT molecular complexity index is 184. The van der Waals surface area contributed by atoms with Gasteiger partial charge >= 0.3 is 0 Å². The highest BCUT2D eigenvalue weighted by Crippen LogP contribution is 2.17. The molecule has 1 saturated heterocycles. The normalized spacial score (nSPS) is 29.0. The smallest absolute Gasteiger partial charge is 0.0374 e. The summed E-state index contributed by atoms with van der Waals surface area (Å²) in [7, 11) is 4.40. The maximum Gasteiger partial charge on any atom is 0.0374 e. The van der Waals surface area contributed by atoms with Gasteiger partial charge in [-0.05, 0) is 26.4 Å². The van der Waals surface area contributed by atoms with E-state index in [4.69, 9.17) is 5.73 Å². The van der Waals surface area contributed by atoms with E-state index in [1.54, 1.807) is 0 Å². The summed E-state index contributed by atoms with van der Waals surface area (Å²) in [5.41, 5.74) is 6.36. The average molecular weight is 213 g/mol. The van der Waals surface area contributed by atoms with Crippen molar-refractivity contribution in [2.75, 3.05) is 33.7 Å². The largest absolute Gasteiger partial charge is 0.326 e. The van der Waals surface area contributed by atoms with Crippen LogP contribution in [0, 0.1) is 5.92 Å². The third-order valence-electron chi connectivity index (χ3n) is 3.74. The first-order valence-corrected chi connectivity index (χ1v) is 6.20. The Morgan fingerprint density at radius 2 is 2.00 bits per heavy atom. The predicted molar refractivity (Wildman–Crippen MR) is 66.0 cm³/mol. The van der Waals surface area contributed by atoms with Gasteiger partial charge in [-0.15, -0.1) is 0 Å². The third kappa shape index (κ3) is 3.44. The highest BCUT2D eigenvalue weighted by Gasteiger charge is 2.30. The lowest BCUT2D eigenvalue weighted by Crippen LogP contribution is -2.59. The van der Waals surface area contributed by atoms with E-state index in [0.29, 0.717) is 18.0 Å². The van der Waals surface area contributed by atoms with E-state index in [-0.39, 0.29) is 0 Å². The SMILES string of the molecule is CCCC(C)C(N)C1CN(C)CCN1C. The molecule has 0 aromatic heterocycles. The minimum Gasteiger partial charge on any atom is -0.326 e. The molecule has 0 saturated carbocycles. The van der Waals surface area contributed by atoms with Crippen LogP contribution in [0.4, 0.5) is 0 Å². The van der Waals surface area contributed by atoms with Crippen molar-refractivity contribution in [3.63, 3.8) is 0 Å². The minimum atomic E-state index is 0.317. The molecule has 1 aliphatic rings. The molecule has 1 aliphatic heterocycles. The van der Waals surface area contributed by atoms with E-state index in [1.807, 2.05) is 0 Å². The van der Waals surface area contributed by atoms with Gasteiger partial charge in [-0.3, -0.25) is 4.90 Å². The molecule has 15 heavy (non-hydrogen) atoms. The molecular weight excluding hydrogens is 186 g/mol. The molecule has 2 N–H and O–H groups in total. The zero-order chi connectivity index (χ0) is 11.4. The summed E-state index contributed by atoms with van der Waals surface area (Å²) < 4.78 is 0. The summed E-state index contributed by atoms with van der Waals surface area (Å²) in [4.78, 5) is 4.82. The molecule has 0 aromatic rings. The molecule has 0 aromatic carbocycles. The summed E-state index contributed by atoms with van der Waals surface area (Å²) in [6.45, 7) is 7.96. The molecule has 0 aliphatic carbocycles. The fourth-order valence-corrected chi connectivity index (χ4v) is 2.49. The summed E-state index contributed by atoms with van der Waals surface area (Å²) in [5.74, 6) is 0.633. The summed E-state index contributed by atoms with van der Waals surface area (Å²) >= 11 is 0. The lowest BCUT2D eigenvalue weighted by molar-refractivity contribution is 0.0828. The van der Waals surface area contributed by atoms with Gasteiger partial charge in [0.2, 0.25) is 0 Å². The molecule has 0 bridgehead atoms. The number of hydrogen-bond donors (Lipinski definition) is 1. The minimum absolute atomic E-state index is 0.317. The Morgan fingerprint density at radius 1 is 1.33 bits per heavy atom. The zero-order valence-corrected chi connectivity index (χ0v) is 10.7. The van der Waals surface area contributed by atoms with Gasteiger partial charge in [0, 0.05) is 31.7 Å². The highest BCUT2D eigenvalue weighted by molar-refractivity contribution is 4.89. The van der Waals surface area contributed by atoms with Gasteiger partial charge in [0.05, 0.1) is 0 Å². The molecule has 3 heteroatoms. The first kappa shape index (κ1) is 12.9. The van der Waals surface area contributed by atoms with Crippen molar-refractivity contribution in [1.82, 2.24) is 9.80 Å². The van der Waals surface area contributed by atoms with Crippen LogP contribution in [0.25, 0.3) is 0 Å². The van der Waals surface area contributed by atoms with Crippen molar-refractivity contribution in [3.8, 4) is 0 Å². The van der Waals surface area contributed by atoms with Crippen LogP contribution in [0.5, 0.6) is 0 Å². The van der Waals surface area contributed by atoms with Crippen LogP contribution in [0.3, 0.4) is 0 Å². The monoisotopic (exact) mass is 213 g/mol. The Morgan fingerprint density at radius 3 is 2.60 bits per heavy atom. The molecular formula is C12H27N3. The number of piperazine rings is 1. The average Bonchev–Trinajstić information content (AvgIpc) is 2.21. The second kappa shape index (κ2) is 5.83. The number of nitrogens with zero attached hydrogens (tertiary/aromatic N) is 2. The molecule has 1 heterocycles. The topological polar surface area (TPSA) is 32.5 Å². The number of hydrogen-bond acceptors (Lipinski definition) is 3.